The maximum atomic E-state index is 14.0. The summed E-state index contributed by atoms with van der Waals surface area (Å²) < 4.78 is 0. The van der Waals surface area contributed by atoms with Crippen LogP contribution in [0.5, 0.6) is 0 Å². The maximum Gasteiger partial charge on any atom is 0.253 e. The van der Waals surface area contributed by atoms with Crippen LogP contribution in [0, 0.1) is 11.8 Å². The largest absolute Gasteiger partial charge is 0.306 e. The molecule has 0 radical (unpaired) electrons. The lowest BCUT2D eigenvalue weighted by Crippen LogP contribution is -2.55. The Morgan fingerprint density at radius 3 is 2.48 bits per heavy atom. The molecule has 6 nitrogen and oxygen atoms in total. The molecular formula is C26H27N3O3S. The van der Waals surface area contributed by atoms with Crippen molar-refractivity contribution in [3.8, 4) is 0 Å². The van der Waals surface area contributed by atoms with E-state index in [2.05, 4.69) is 11.9 Å². The van der Waals surface area contributed by atoms with Gasteiger partial charge in [0.15, 0.2) is 0 Å². The first kappa shape index (κ1) is 21.9. The normalized spacial score (nSPS) is 28.0. The van der Waals surface area contributed by atoms with E-state index in [1.807, 2.05) is 60.9 Å². The maximum absolute atomic E-state index is 14.0. The van der Waals surface area contributed by atoms with E-state index in [9.17, 15) is 14.4 Å². The van der Waals surface area contributed by atoms with E-state index in [0.717, 1.165) is 22.6 Å². The lowest BCUT2D eigenvalue weighted by Gasteiger charge is -2.30. The number of carbonyl (C=O) groups excluding carboxylic acids is 3. The second-order valence-corrected chi connectivity index (χ2v) is 9.80. The summed E-state index contributed by atoms with van der Waals surface area (Å²) in [7, 11) is 0. The van der Waals surface area contributed by atoms with Gasteiger partial charge in [-0.2, -0.15) is 11.8 Å². The molecule has 0 unspecified atom stereocenters. The Morgan fingerprint density at radius 2 is 1.76 bits per heavy atom. The SMILES string of the molecule is C=CCN1C(=O)[C@]2(N[C@H](CCSC)[C@@H]3C(=O)N(Cc4ccccc4)C(=O)[C@@H]32)c2ccccc21. The first-order valence-corrected chi connectivity index (χ1v) is 12.6. The van der Waals surface area contributed by atoms with Crippen molar-refractivity contribution in [3.63, 3.8) is 0 Å². The minimum absolute atomic E-state index is 0.173. The number of nitrogens with zero attached hydrogens (tertiary/aromatic N) is 2. The van der Waals surface area contributed by atoms with Crippen LogP contribution in [0.15, 0.2) is 67.3 Å². The molecule has 5 rings (SSSR count). The monoisotopic (exact) mass is 461 g/mol. The molecule has 1 spiro atoms. The summed E-state index contributed by atoms with van der Waals surface area (Å²) in [4.78, 5) is 44.6. The summed E-state index contributed by atoms with van der Waals surface area (Å²) in [5, 5.41) is 3.54. The number of benzene rings is 2. The van der Waals surface area contributed by atoms with Gasteiger partial charge in [-0.25, -0.2) is 0 Å². The summed E-state index contributed by atoms with van der Waals surface area (Å²) in [6.45, 7) is 4.38. The van der Waals surface area contributed by atoms with E-state index in [-0.39, 0.29) is 30.3 Å². The zero-order valence-electron chi connectivity index (χ0n) is 18.6. The number of likely N-dealkylation sites (tertiary alicyclic amines) is 1. The molecular weight excluding hydrogens is 434 g/mol. The number of para-hydroxylation sites is 1. The standard InChI is InChI=1S/C26H27N3O3S/c1-3-14-28-20-12-8-7-11-18(20)26(25(28)32)22-21(19(27-26)13-15-33-2)23(30)29(24(22)31)16-17-9-5-4-6-10-17/h3-12,19,21-22,27H,1,13-16H2,2H3/t19-,21+,22-,26+/m1/s1. The number of thioether (sulfide) groups is 1. The fourth-order valence-electron chi connectivity index (χ4n) is 5.73. The Bertz CT molecular complexity index is 1120. The van der Waals surface area contributed by atoms with Crippen LogP contribution in [0.1, 0.15) is 17.5 Å². The topological polar surface area (TPSA) is 69.7 Å². The van der Waals surface area contributed by atoms with Gasteiger partial charge in [-0.1, -0.05) is 54.6 Å². The van der Waals surface area contributed by atoms with Crippen LogP contribution in [-0.4, -0.2) is 47.2 Å². The van der Waals surface area contributed by atoms with Crippen LogP contribution in [0.3, 0.4) is 0 Å². The average Bonchev–Trinajstić information content (AvgIpc) is 3.39. The van der Waals surface area contributed by atoms with Crippen molar-refractivity contribution >= 4 is 35.2 Å². The molecule has 3 amide bonds. The summed E-state index contributed by atoms with van der Waals surface area (Å²) in [5.41, 5.74) is 1.22. The van der Waals surface area contributed by atoms with Crippen molar-refractivity contribution in [2.75, 3.05) is 23.5 Å². The van der Waals surface area contributed by atoms with Crippen LogP contribution < -0.4 is 10.2 Å². The third kappa shape index (κ3) is 3.17. The molecule has 33 heavy (non-hydrogen) atoms. The van der Waals surface area contributed by atoms with Crippen LogP contribution in [0.4, 0.5) is 5.69 Å². The van der Waals surface area contributed by atoms with Gasteiger partial charge in [0.25, 0.3) is 5.91 Å². The molecule has 4 atom stereocenters. The van der Waals surface area contributed by atoms with Gasteiger partial charge in [-0.15, -0.1) is 6.58 Å². The predicted octanol–water partition coefficient (Wildman–Crippen LogP) is 2.94. The zero-order valence-corrected chi connectivity index (χ0v) is 19.4. The van der Waals surface area contributed by atoms with Crippen LogP contribution in [0.25, 0.3) is 0 Å². The highest BCUT2D eigenvalue weighted by molar-refractivity contribution is 7.98. The highest BCUT2D eigenvalue weighted by Crippen LogP contribution is 2.55. The average molecular weight is 462 g/mol. The highest BCUT2D eigenvalue weighted by atomic mass is 32.2. The number of fused-ring (bicyclic) bond motifs is 4. The molecule has 170 valence electrons. The van der Waals surface area contributed by atoms with Crippen molar-refractivity contribution in [1.82, 2.24) is 10.2 Å². The molecule has 0 bridgehead atoms. The van der Waals surface area contributed by atoms with Gasteiger partial charge < -0.3 is 4.90 Å². The van der Waals surface area contributed by atoms with E-state index in [4.69, 9.17) is 0 Å². The zero-order chi connectivity index (χ0) is 23.2. The Hall–Kier alpha value is -2.90. The van der Waals surface area contributed by atoms with E-state index >= 15 is 0 Å². The van der Waals surface area contributed by atoms with E-state index in [0.29, 0.717) is 13.0 Å². The third-order valence-corrected chi connectivity index (χ3v) is 7.73. The molecule has 0 aromatic heterocycles. The minimum Gasteiger partial charge on any atom is -0.306 e. The second kappa shape index (κ2) is 8.47. The summed E-state index contributed by atoms with van der Waals surface area (Å²) in [6.07, 6.45) is 4.42. The molecule has 0 aliphatic carbocycles. The fourth-order valence-corrected chi connectivity index (χ4v) is 6.22. The van der Waals surface area contributed by atoms with Gasteiger partial charge >= 0.3 is 0 Å². The smallest absolute Gasteiger partial charge is 0.253 e. The predicted molar refractivity (Wildman–Crippen MR) is 130 cm³/mol. The van der Waals surface area contributed by atoms with Crippen LogP contribution in [0.2, 0.25) is 0 Å². The van der Waals surface area contributed by atoms with Gasteiger partial charge in [0.1, 0.15) is 5.54 Å². The van der Waals surface area contributed by atoms with Gasteiger partial charge in [-0.3, -0.25) is 24.6 Å². The quantitative estimate of drug-likeness (QED) is 0.507. The fraction of sp³-hybridized carbons (Fsp3) is 0.346. The van der Waals surface area contributed by atoms with Gasteiger partial charge in [-0.05, 0) is 30.1 Å². The Labute approximate surface area is 198 Å². The second-order valence-electron chi connectivity index (χ2n) is 8.81. The van der Waals surface area contributed by atoms with Gasteiger partial charge in [0, 0.05) is 23.8 Å². The van der Waals surface area contributed by atoms with Crippen molar-refractivity contribution in [2.24, 2.45) is 11.8 Å². The van der Waals surface area contributed by atoms with Crippen molar-refractivity contribution in [2.45, 2.75) is 24.5 Å². The number of hydrogen-bond donors (Lipinski definition) is 1. The summed E-state index contributed by atoms with van der Waals surface area (Å²) >= 11 is 1.70. The Morgan fingerprint density at radius 1 is 1.03 bits per heavy atom. The number of amides is 3. The first-order chi connectivity index (χ1) is 16.0. The lowest BCUT2D eigenvalue weighted by molar-refractivity contribution is -0.143. The molecule has 3 aliphatic heterocycles. The van der Waals surface area contributed by atoms with E-state index in [1.165, 1.54) is 4.90 Å². The van der Waals surface area contributed by atoms with E-state index < -0.39 is 17.4 Å². The number of nitrogens with one attached hydrogen (secondary N) is 1. The molecule has 2 aromatic rings. The van der Waals surface area contributed by atoms with Crippen molar-refractivity contribution in [3.05, 3.63) is 78.4 Å². The third-order valence-electron chi connectivity index (χ3n) is 7.09. The summed E-state index contributed by atoms with van der Waals surface area (Å²) in [6, 6.07) is 16.9. The Kier molecular flexibility index (Phi) is 5.62. The van der Waals surface area contributed by atoms with Crippen molar-refractivity contribution < 1.29 is 14.4 Å². The molecule has 7 heteroatoms. The molecule has 3 heterocycles. The first-order valence-electron chi connectivity index (χ1n) is 11.2. The Balaban J connectivity index is 1.61. The highest BCUT2D eigenvalue weighted by Gasteiger charge is 2.71. The lowest BCUT2D eigenvalue weighted by atomic mass is 9.76. The summed E-state index contributed by atoms with van der Waals surface area (Å²) in [5.74, 6) is -1.11. The minimum atomic E-state index is -1.23. The number of rotatable bonds is 7. The molecule has 0 saturated carbocycles. The van der Waals surface area contributed by atoms with Crippen LogP contribution >= 0.6 is 11.8 Å². The number of hydrogen-bond acceptors (Lipinski definition) is 5. The molecule has 2 aromatic carbocycles. The molecule has 2 saturated heterocycles. The molecule has 1 N–H and O–H groups in total. The van der Waals surface area contributed by atoms with Gasteiger partial charge in [0.05, 0.1) is 18.4 Å². The molecule has 2 fully saturated rings. The van der Waals surface area contributed by atoms with Crippen LogP contribution in [-0.2, 0) is 26.5 Å². The molecule has 3 aliphatic rings. The number of imide groups is 1. The van der Waals surface area contributed by atoms with E-state index in [1.54, 1.807) is 22.7 Å². The number of carbonyl (C=O) groups is 3. The number of anilines is 1. The van der Waals surface area contributed by atoms with Crippen molar-refractivity contribution in [1.29, 1.82) is 0 Å². The van der Waals surface area contributed by atoms with Gasteiger partial charge in [0.2, 0.25) is 11.8 Å².